The van der Waals surface area contributed by atoms with Crippen LogP contribution in [0.1, 0.15) is 6.92 Å². The lowest BCUT2D eigenvalue weighted by Gasteiger charge is -2.18. The molecule has 1 aliphatic heterocycles. The molecule has 1 aliphatic rings. The Morgan fingerprint density at radius 1 is 1.53 bits per heavy atom. The lowest BCUT2D eigenvalue weighted by atomic mass is 10.4. The fourth-order valence-electron chi connectivity index (χ4n) is 0.822. The first-order valence-electron chi connectivity index (χ1n) is 3.81. The number of hydrogen-bond donors (Lipinski definition) is 1. The van der Waals surface area contributed by atoms with Crippen molar-refractivity contribution in [1.82, 2.24) is 9.62 Å². The van der Waals surface area contributed by atoms with Gasteiger partial charge in [0.2, 0.25) is 8.00 Å². The minimum absolute atomic E-state index is 0.182. The highest BCUT2D eigenvalue weighted by molar-refractivity contribution is 8.03. The van der Waals surface area contributed by atoms with Gasteiger partial charge >= 0.3 is 0 Å². The summed E-state index contributed by atoms with van der Waals surface area (Å²) in [4.78, 5) is 11.7. The van der Waals surface area contributed by atoms with Gasteiger partial charge in [-0.05, 0) is 19.1 Å². The topological polar surface area (TPSA) is 32.3 Å². The summed E-state index contributed by atoms with van der Waals surface area (Å²) in [6.07, 6.45) is 0. The molecule has 0 radical (unpaired) electrons. The van der Waals surface area contributed by atoms with Gasteiger partial charge in [0, 0.05) is 18.5 Å². The van der Waals surface area contributed by atoms with Crippen LogP contribution >= 0.6 is 70.6 Å². The fraction of sp³-hybridized carbons (Fsp3) is 0.667. The van der Waals surface area contributed by atoms with Gasteiger partial charge in [0.15, 0.2) is 5.11 Å². The molecule has 0 saturated carbocycles. The molecule has 0 atom stereocenters. The number of nitrogens with zero attached hydrogens (tertiary/aromatic N) is 1. The molecule has 86 valence electrons. The molecule has 0 aliphatic carbocycles. The Hall–Kier alpha value is 0.870. The van der Waals surface area contributed by atoms with E-state index in [-0.39, 0.29) is 5.11 Å². The van der Waals surface area contributed by atoms with Gasteiger partial charge < -0.3 is 5.32 Å². The Morgan fingerprint density at radius 3 is 2.40 bits per heavy atom. The van der Waals surface area contributed by atoms with Crippen molar-refractivity contribution in [1.29, 1.82) is 0 Å². The molecule has 0 aromatic rings. The molecular weight excluding hydrogens is 322 g/mol. The summed E-state index contributed by atoms with van der Waals surface area (Å²) in [6, 6.07) is 0. The number of halogens is 4. The van der Waals surface area contributed by atoms with E-state index < -0.39 is 13.9 Å². The summed E-state index contributed by atoms with van der Waals surface area (Å²) in [5.41, 5.74) is 0. The van der Waals surface area contributed by atoms with Crippen molar-refractivity contribution in [3.63, 3.8) is 0 Å². The normalized spacial score (nSPS) is 23.0. The number of rotatable bonds is 1. The molecule has 0 unspecified atom stereocenters. The molecule has 1 rings (SSSR count). The molecule has 1 amide bonds. The fourth-order valence-corrected chi connectivity index (χ4v) is 3.01. The number of amides is 1. The Bertz CT molecular complexity index is 310. The first-order valence-corrected chi connectivity index (χ1v) is 6.50. The van der Waals surface area contributed by atoms with E-state index in [1.54, 1.807) is 0 Å². The van der Waals surface area contributed by atoms with E-state index in [9.17, 15) is 4.79 Å². The maximum absolute atomic E-state index is 11.7. The Morgan fingerprint density at radius 2 is 2.07 bits per heavy atom. The van der Waals surface area contributed by atoms with E-state index in [1.807, 2.05) is 6.92 Å². The molecular formula is C6H6Cl4N2OS2. The van der Waals surface area contributed by atoms with Crippen LogP contribution in [0.15, 0.2) is 0 Å². The second-order valence-corrected chi connectivity index (χ2v) is 7.27. The van der Waals surface area contributed by atoms with Gasteiger partial charge in [-0.15, -0.1) is 0 Å². The lowest BCUT2D eigenvalue weighted by Crippen LogP contribution is -2.42. The number of alkyl halides is 4. The highest BCUT2D eigenvalue weighted by Crippen LogP contribution is 2.58. The number of carbonyl (C=O) groups excluding carboxylic acids is 1. The predicted molar refractivity (Wildman–Crippen MR) is 69.6 cm³/mol. The third kappa shape index (κ3) is 2.42. The highest BCUT2D eigenvalue weighted by atomic mass is 35.5. The molecule has 0 aromatic heterocycles. The molecule has 15 heavy (non-hydrogen) atoms. The average molecular weight is 328 g/mol. The zero-order valence-corrected chi connectivity index (χ0v) is 12.0. The monoisotopic (exact) mass is 326 g/mol. The van der Waals surface area contributed by atoms with Crippen molar-refractivity contribution >= 4 is 81.6 Å². The van der Waals surface area contributed by atoms with Gasteiger partial charge in [-0.1, -0.05) is 46.4 Å². The largest absolute Gasteiger partial charge is 0.362 e. The van der Waals surface area contributed by atoms with Crippen LogP contribution in [0, 0.1) is 0 Å². The molecule has 0 aromatic carbocycles. The molecule has 1 N–H and O–H groups in total. The van der Waals surface area contributed by atoms with Gasteiger partial charge in [-0.25, -0.2) is 4.31 Å². The summed E-state index contributed by atoms with van der Waals surface area (Å²) in [5.74, 6) is -0.646. The van der Waals surface area contributed by atoms with Crippen LogP contribution in [-0.4, -0.2) is 29.9 Å². The average Bonchev–Trinajstić information content (AvgIpc) is 2.27. The van der Waals surface area contributed by atoms with Gasteiger partial charge in [0.05, 0.1) is 0 Å². The number of hydrogen-bond acceptors (Lipinski definition) is 3. The van der Waals surface area contributed by atoms with Crippen LogP contribution in [0.2, 0.25) is 0 Å². The number of nitrogens with one attached hydrogen (secondary N) is 1. The molecule has 9 heteroatoms. The number of thiocarbonyl (C=S) groups is 1. The summed E-state index contributed by atoms with van der Waals surface area (Å²) < 4.78 is -2.47. The van der Waals surface area contributed by atoms with E-state index in [0.717, 1.165) is 16.3 Å². The molecule has 1 fully saturated rings. The predicted octanol–water partition coefficient (Wildman–Crippen LogP) is 2.68. The van der Waals surface area contributed by atoms with Crippen LogP contribution in [0.4, 0.5) is 0 Å². The van der Waals surface area contributed by atoms with E-state index >= 15 is 0 Å². The summed E-state index contributed by atoms with van der Waals surface area (Å²) in [7, 11) is 0. The molecule has 1 saturated heterocycles. The van der Waals surface area contributed by atoms with Crippen molar-refractivity contribution in [3.8, 4) is 0 Å². The maximum atomic E-state index is 11.7. The zero-order chi connectivity index (χ0) is 11.9. The Balaban J connectivity index is 2.91. The van der Waals surface area contributed by atoms with Crippen molar-refractivity contribution < 1.29 is 4.79 Å². The molecule has 0 bridgehead atoms. The van der Waals surface area contributed by atoms with Crippen LogP contribution < -0.4 is 5.32 Å². The van der Waals surface area contributed by atoms with Gasteiger partial charge in [0.1, 0.15) is 0 Å². The minimum atomic E-state index is -1.90. The molecule has 0 spiro atoms. The zero-order valence-electron chi connectivity index (χ0n) is 7.39. The SMILES string of the molecule is CCNC(=S)N1SC(Cl)(Cl)C(Cl)(Cl)C1=O. The Kier molecular flexibility index (Phi) is 4.30. The van der Waals surface area contributed by atoms with E-state index in [4.69, 9.17) is 58.6 Å². The first-order chi connectivity index (χ1) is 6.74. The van der Waals surface area contributed by atoms with Crippen LogP contribution in [0.25, 0.3) is 0 Å². The second-order valence-electron chi connectivity index (χ2n) is 2.62. The summed E-state index contributed by atoms with van der Waals surface area (Å²) in [6.45, 7) is 2.40. The molecule has 1 heterocycles. The van der Waals surface area contributed by atoms with Gasteiger partial charge in [-0.3, -0.25) is 4.79 Å². The van der Waals surface area contributed by atoms with E-state index in [1.165, 1.54) is 0 Å². The van der Waals surface area contributed by atoms with Gasteiger partial charge in [0.25, 0.3) is 5.91 Å². The van der Waals surface area contributed by atoms with Crippen molar-refractivity contribution in [2.45, 2.75) is 14.9 Å². The third-order valence-corrected chi connectivity index (χ3v) is 5.53. The first kappa shape index (κ1) is 13.9. The lowest BCUT2D eigenvalue weighted by molar-refractivity contribution is -0.123. The van der Waals surface area contributed by atoms with Gasteiger partial charge in [-0.2, -0.15) is 0 Å². The van der Waals surface area contributed by atoms with Crippen LogP contribution in [0.5, 0.6) is 0 Å². The van der Waals surface area contributed by atoms with Crippen molar-refractivity contribution in [2.75, 3.05) is 6.54 Å². The van der Waals surface area contributed by atoms with Crippen molar-refractivity contribution in [2.24, 2.45) is 0 Å². The van der Waals surface area contributed by atoms with Crippen LogP contribution in [-0.2, 0) is 4.79 Å². The second kappa shape index (κ2) is 4.63. The summed E-state index contributed by atoms with van der Waals surface area (Å²) in [5, 5.41) is 2.96. The smallest absolute Gasteiger partial charge is 0.279 e. The third-order valence-electron chi connectivity index (χ3n) is 1.54. The molecule has 3 nitrogen and oxygen atoms in total. The summed E-state index contributed by atoms with van der Waals surface area (Å²) >= 11 is 28.8. The van der Waals surface area contributed by atoms with Crippen LogP contribution in [0.3, 0.4) is 0 Å². The standard InChI is InChI=1S/C6H6Cl4N2OS2/c1-2-11-4(14)12-3(13)5(7,8)6(9,10)15-12/h2H2,1H3,(H,11,14). The van der Waals surface area contributed by atoms with E-state index in [0.29, 0.717) is 6.54 Å². The minimum Gasteiger partial charge on any atom is -0.362 e. The Labute approximate surface area is 117 Å². The quantitative estimate of drug-likeness (QED) is 0.456. The number of carbonyl (C=O) groups is 1. The maximum Gasteiger partial charge on any atom is 0.279 e. The highest BCUT2D eigenvalue weighted by Gasteiger charge is 2.64. The van der Waals surface area contributed by atoms with Crippen molar-refractivity contribution in [3.05, 3.63) is 0 Å². The van der Waals surface area contributed by atoms with E-state index in [2.05, 4.69) is 5.32 Å².